The Hall–Kier alpha value is -1.43. The van der Waals surface area contributed by atoms with Gasteiger partial charge in [-0.25, -0.2) is 18.1 Å². The van der Waals surface area contributed by atoms with Gasteiger partial charge in [0.25, 0.3) is 10.0 Å². The summed E-state index contributed by atoms with van der Waals surface area (Å²) in [5, 5.41) is 10.7. The summed E-state index contributed by atoms with van der Waals surface area (Å²) in [6.45, 7) is 3.45. The molecular weight excluding hydrogens is 334 g/mol. The van der Waals surface area contributed by atoms with Gasteiger partial charge < -0.3 is 5.32 Å². The number of nitrogens with zero attached hydrogens (tertiary/aromatic N) is 3. The first-order valence-electron chi connectivity index (χ1n) is 5.89. The predicted molar refractivity (Wildman–Crippen MR) is 80.0 cm³/mol. The number of hydrogen-bond donors (Lipinski definition) is 2. The van der Waals surface area contributed by atoms with Crippen molar-refractivity contribution in [1.29, 1.82) is 0 Å². The van der Waals surface area contributed by atoms with Gasteiger partial charge in [-0.1, -0.05) is 11.3 Å². The Balaban J connectivity index is 1.94. The molecule has 0 aliphatic carbocycles. The largest absolute Gasteiger partial charge is 0.301 e. The summed E-state index contributed by atoms with van der Waals surface area (Å²) < 4.78 is 26.3. The van der Waals surface area contributed by atoms with Crippen molar-refractivity contribution < 1.29 is 13.2 Å². The fourth-order valence-electron chi connectivity index (χ4n) is 1.41. The molecule has 2 N–H and O–H groups in total. The van der Waals surface area contributed by atoms with Gasteiger partial charge in [-0.2, -0.15) is 0 Å². The Morgan fingerprint density at radius 3 is 2.71 bits per heavy atom. The summed E-state index contributed by atoms with van der Waals surface area (Å²) in [5.74, 6) is -0.330. The van der Waals surface area contributed by atoms with Gasteiger partial charge in [0.05, 0.1) is 5.01 Å². The minimum absolute atomic E-state index is 0.154. The fourth-order valence-corrected chi connectivity index (χ4v) is 4.22. The highest BCUT2D eigenvalue weighted by Gasteiger charge is 2.20. The molecule has 0 spiro atoms. The number of nitrogens with one attached hydrogen (secondary N) is 2. The molecule has 11 heteroatoms. The van der Waals surface area contributed by atoms with Gasteiger partial charge in [-0.3, -0.25) is 4.79 Å². The maximum Gasteiger partial charge on any atom is 0.269 e. The van der Waals surface area contributed by atoms with Crippen LogP contribution in [0.4, 0.5) is 5.13 Å². The van der Waals surface area contributed by atoms with Crippen molar-refractivity contribution in [3.63, 3.8) is 0 Å². The van der Waals surface area contributed by atoms with Gasteiger partial charge >= 0.3 is 0 Å². The number of aryl methyl sites for hydroxylation is 1. The first-order valence-corrected chi connectivity index (χ1v) is 9.00. The number of carbonyl (C=O) groups is 1. The molecule has 0 unspecified atom stereocenters. The SMILES string of the molecule is CC(=O)Nc1nnc(S(=O)(=O)NCCc2cnc(C)s2)s1. The van der Waals surface area contributed by atoms with Crippen molar-refractivity contribution in [1.82, 2.24) is 19.9 Å². The number of hydrogen-bond acceptors (Lipinski definition) is 8. The molecule has 2 rings (SSSR count). The van der Waals surface area contributed by atoms with E-state index in [2.05, 4.69) is 25.2 Å². The number of sulfonamides is 1. The van der Waals surface area contributed by atoms with E-state index in [1.807, 2.05) is 6.92 Å². The van der Waals surface area contributed by atoms with E-state index in [-0.39, 0.29) is 21.9 Å². The third-order valence-electron chi connectivity index (χ3n) is 2.25. The van der Waals surface area contributed by atoms with Crippen LogP contribution in [0.2, 0.25) is 0 Å². The van der Waals surface area contributed by atoms with Crippen LogP contribution in [0.1, 0.15) is 16.8 Å². The highest BCUT2D eigenvalue weighted by atomic mass is 32.2. The monoisotopic (exact) mass is 347 g/mol. The third-order valence-corrected chi connectivity index (χ3v) is 5.89. The van der Waals surface area contributed by atoms with Crippen LogP contribution in [0.15, 0.2) is 10.5 Å². The zero-order valence-electron chi connectivity index (χ0n) is 11.3. The fraction of sp³-hybridized carbons (Fsp3) is 0.400. The summed E-state index contributed by atoms with van der Waals surface area (Å²) in [7, 11) is -3.71. The molecule has 0 radical (unpaired) electrons. The Kier molecular flexibility index (Phi) is 4.98. The van der Waals surface area contributed by atoms with E-state index in [0.29, 0.717) is 6.42 Å². The number of aromatic nitrogens is 3. The molecule has 2 heterocycles. The van der Waals surface area contributed by atoms with Crippen LogP contribution in [0.25, 0.3) is 0 Å². The number of carbonyl (C=O) groups excluding carboxylic acids is 1. The molecule has 21 heavy (non-hydrogen) atoms. The summed E-state index contributed by atoms with van der Waals surface area (Å²) >= 11 is 2.33. The van der Waals surface area contributed by atoms with Crippen LogP contribution in [0.3, 0.4) is 0 Å². The zero-order valence-corrected chi connectivity index (χ0v) is 13.7. The Bertz CT molecular complexity index is 737. The van der Waals surface area contributed by atoms with Gasteiger partial charge in [0, 0.05) is 24.5 Å². The maximum absolute atomic E-state index is 12.0. The Labute approximate surface area is 129 Å². The second-order valence-electron chi connectivity index (χ2n) is 4.05. The molecular formula is C10H13N5O3S3. The maximum atomic E-state index is 12.0. The van der Waals surface area contributed by atoms with E-state index in [1.54, 1.807) is 6.20 Å². The molecule has 114 valence electrons. The van der Waals surface area contributed by atoms with Gasteiger partial charge in [-0.05, 0) is 13.3 Å². The minimum Gasteiger partial charge on any atom is -0.301 e. The van der Waals surface area contributed by atoms with Gasteiger partial charge in [0.1, 0.15) is 0 Å². The molecule has 0 saturated carbocycles. The number of thiazole rings is 1. The van der Waals surface area contributed by atoms with E-state index < -0.39 is 10.0 Å². The van der Waals surface area contributed by atoms with Crippen LogP contribution < -0.4 is 10.0 Å². The molecule has 0 bridgehead atoms. The lowest BCUT2D eigenvalue weighted by Gasteiger charge is -2.01. The number of amides is 1. The zero-order chi connectivity index (χ0) is 15.5. The normalized spacial score (nSPS) is 11.5. The predicted octanol–water partition coefficient (Wildman–Crippen LogP) is 0.782. The van der Waals surface area contributed by atoms with Gasteiger partial charge in [0.15, 0.2) is 0 Å². The second kappa shape index (κ2) is 6.56. The van der Waals surface area contributed by atoms with Crippen LogP contribution in [0, 0.1) is 6.92 Å². The number of anilines is 1. The molecule has 0 aliphatic rings. The van der Waals surface area contributed by atoms with E-state index >= 15 is 0 Å². The molecule has 0 aliphatic heterocycles. The first kappa shape index (κ1) is 15.9. The topological polar surface area (TPSA) is 114 Å². The lowest BCUT2D eigenvalue weighted by atomic mass is 10.4. The molecule has 2 aromatic rings. The van der Waals surface area contributed by atoms with Crippen molar-refractivity contribution in [3.05, 3.63) is 16.1 Å². The smallest absolute Gasteiger partial charge is 0.269 e. The van der Waals surface area contributed by atoms with Crippen molar-refractivity contribution in [2.75, 3.05) is 11.9 Å². The molecule has 0 aromatic carbocycles. The Morgan fingerprint density at radius 2 is 2.10 bits per heavy atom. The molecule has 2 aromatic heterocycles. The van der Waals surface area contributed by atoms with Crippen LogP contribution in [0.5, 0.6) is 0 Å². The van der Waals surface area contributed by atoms with Gasteiger partial charge in [0.2, 0.25) is 15.4 Å². The third kappa shape index (κ3) is 4.52. The van der Waals surface area contributed by atoms with Crippen LogP contribution >= 0.6 is 22.7 Å². The standard InChI is InChI=1S/C10H13N5O3S3/c1-6(16)13-9-14-15-10(20-9)21(17,18)12-4-3-8-5-11-7(2)19-8/h5,12H,3-4H2,1-2H3,(H,13,14,16). The van der Waals surface area contributed by atoms with Crippen molar-refractivity contribution in [3.8, 4) is 0 Å². The van der Waals surface area contributed by atoms with E-state index in [1.165, 1.54) is 18.3 Å². The lowest BCUT2D eigenvalue weighted by molar-refractivity contribution is -0.114. The van der Waals surface area contributed by atoms with Crippen molar-refractivity contribution >= 4 is 43.7 Å². The van der Waals surface area contributed by atoms with E-state index in [9.17, 15) is 13.2 Å². The van der Waals surface area contributed by atoms with E-state index in [0.717, 1.165) is 21.2 Å². The molecule has 0 saturated heterocycles. The number of rotatable bonds is 6. The average molecular weight is 347 g/mol. The van der Waals surface area contributed by atoms with Crippen LogP contribution in [-0.4, -0.2) is 36.1 Å². The van der Waals surface area contributed by atoms with Crippen molar-refractivity contribution in [2.24, 2.45) is 0 Å². The molecule has 8 nitrogen and oxygen atoms in total. The highest BCUT2D eigenvalue weighted by Crippen LogP contribution is 2.19. The van der Waals surface area contributed by atoms with Gasteiger partial charge in [-0.15, -0.1) is 21.5 Å². The summed E-state index contributed by atoms with van der Waals surface area (Å²) in [5.41, 5.74) is 0. The summed E-state index contributed by atoms with van der Waals surface area (Å²) in [6.07, 6.45) is 2.29. The first-order chi connectivity index (χ1) is 9.87. The summed E-state index contributed by atoms with van der Waals surface area (Å²) in [6, 6.07) is 0. The van der Waals surface area contributed by atoms with Crippen LogP contribution in [-0.2, 0) is 21.2 Å². The lowest BCUT2D eigenvalue weighted by Crippen LogP contribution is -2.25. The quantitative estimate of drug-likeness (QED) is 0.747. The summed E-state index contributed by atoms with van der Waals surface area (Å²) in [4.78, 5) is 16.0. The second-order valence-corrected chi connectivity index (χ2v) is 8.29. The molecule has 0 atom stereocenters. The van der Waals surface area contributed by atoms with E-state index in [4.69, 9.17) is 0 Å². The molecule has 1 amide bonds. The Morgan fingerprint density at radius 1 is 1.33 bits per heavy atom. The average Bonchev–Trinajstić information content (AvgIpc) is 2.98. The highest BCUT2D eigenvalue weighted by molar-refractivity contribution is 7.91. The minimum atomic E-state index is -3.71. The van der Waals surface area contributed by atoms with Crippen molar-refractivity contribution in [2.45, 2.75) is 24.6 Å². The molecule has 0 fully saturated rings.